The Labute approximate surface area is 107 Å². The van der Waals surface area contributed by atoms with Gasteiger partial charge in [-0.15, -0.1) is 0 Å². The Hall–Kier alpha value is -1.81. The molecule has 0 saturated carbocycles. The van der Waals surface area contributed by atoms with Crippen LogP contribution in [0.25, 0.3) is 0 Å². The highest BCUT2D eigenvalue weighted by atomic mass is 16.5. The Morgan fingerprint density at radius 1 is 1.39 bits per heavy atom. The Kier molecular flexibility index (Phi) is 3.99. The van der Waals surface area contributed by atoms with Crippen LogP contribution in [0.3, 0.4) is 0 Å². The molecule has 2 aromatic rings. The molecule has 1 heterocycles. The molecule has 0 spiro atoms. The molecule has 0 aliphatic carbocycles. The van der Waals surface area contributed by atoms with Gasteiger partial charge >= 0.3 is 0 Å². The van der Waals surface area contributed by atoms with E-state index in [0.717, 1.165) is 17.7 Å². The molecule has 0 aliphatic heterocycles. The van der Waals surface area contributed by atoms with Crippen LogP contribution in [0.1, 0.15) is 24.2 Å². The SMILES string of the molecule is C[C@H](N)c1cccc(OCCc2ccnn2C)c1. The normalized spacial score (nSPS) is 12.4. The molecular weight excluding hydrogens is 226 g/mol. The van der Waals surface area contributed by atoms with Gasteiger partial charge in [-0.1, -0.05) is 12.1 Å². The van der Waals surface area contributed by atoms with E-state index in [1.54, 1.807) is 6.20 Å². The quantitative estimate of drug-likeness (QED) is 0.877. The smallest absolute Gasteiger partial charge is 0.119 e. The van der Waals surface area contributed by atoms with Gasteiger partial charge in [0.05, 0.1) is 6.61 Å². The number of benzene rings is 1. The number of nitrogens with zero attached hydrogens (tertiary/aromatic N) is 2. The molecule has 0 bridgehead atoms. The van der Waals surface area contributed by atoms with Crippen LogP contribution < -0.4 is 10.5 Å². The minimum absolute atomic E-state index is 0.0330. The lowest BCUT2D eigenvalue weighted by molar-refractivity contribution is 0.318. The molecule has 0 unspecified atom stereocenters. The standard InChI is InChI=1S/C14H19N3O/c1-11(15)12-4-3-5-14(10-12)18-9-7-13-6-8-16-17(13)2/h3-6,8,10-11H,7,9,15H2,1-2H3/t11-/m0/s1. The van der Waals surface area contributed by atoms with E-state index in [9.17, 15) is 0 Å². The zero-order valence-corrected chi connectivity index (χ0v) is 10.8. The van der Waals surface area contributed by atoms with Crippen LogP contribution in [-0.4, -0.2) is 16.4 Å². The average Bonchev–Trinajstić information content (AvgIpc) is 2.76. The summed E-state index contributed by atoms with van der Waals surface area (Å²) in [6.45, 7) is 2.61. The number of hydrogen-bond donors (Lipinski definition) is 1. The van der Waals surface area contributed by atoms with Crippen molar-refractivity contribution in [3.05, 3.63) is 47.8 Å². The summed E-state index contributed by atoms with van der Waals surface area (Å²) < 4.78 is 7.59. The van der Waals surface area contributed by atoms with E-state index < -0.39 is 0 Å². The van der Waals surface area contributed by atoms with Crippen molar-refractivity contribution in [2.75, 3.05) is 6.61 Å². The Bertz CT molecular complexity index is 505. The molecule has 0 fully saturated rings. The molecule has 0 radical (unpaired) electrons. The van der Waals surface area contributed by atoms with Crippen molar-refractivity contribution in [3.8, 4) is 5.75 Å². The van der Waals surface area contributed by atoms with E-state index in [0.29, 0.717) is 6.61 Å². The number of nitrogens with two attached hydrogens (primary N) is 1. The van der Waals surface area contributed by atoms with E-state index in [2.05, 4.69) is 5.10 Å². The number of rotatable bonds is 5. The van der Waals surface area contributed by atoms with Gasteiger partial charge in [0.15, 0.2) is 0 Å². The molecule has 4 heteroatoms. The number of ether oxygens (including phenoxy) is 1. The van der Waals surface area contributed by atoms with Crippen LogP contribution >= 0.6 is 0 Å². The molecule has 2 rings (SSSR count). The third-order valence-corrected chi connectivity index (χ3v) is 2.93. The summed E-state index contributed by atoms with van der Waals surface area (Å²) in [5.41, 5.74) is 8.10. The summed E-state index contributed by atoms with van der Waals surface area (Å²) >= 11 is 0. The zero-order valence-electron chi connectivity index (χ0n) is 10.8. The fraction of sp³-hybridized carbons (Fsp3) is 0.357. The lowest BCUT2D eigenvalue weighted by Crippen LogP contribution is -2.07. The molecule has 1 atom stereocenters. The average molecular weight is 245 g/mol. The summed E-state index contributed by atoms with van der Waals surface area (Å²) in [4.78, 5) is 0. The fourth-order valence-corrected chi connectivity index (χ4v) is 1.81. The van der Waals surface area contributed by atoms with Crippen LogP contribution in [0.5, 0.6) is 5.75 Å². The van der Waals surface area contributed by atoms with Crippen molar-refractivity contribution in [3.63, 3.8) is 0 Å². The van der Waals surface area contributed by atoms with Crippen molar-refractivity contribution in [2.45, 2.75) is 19.4 Å². The van der Waals surface area contributed by atoms with Crippen LogP contribution in [0.4, 0.5) is 0 Å². The van der Waals surface area contributed by atoms with Gasteiger partial charge in [-0.3, -0.25) is 4.68 Å². The highest BCUT2D eigenvalue weighted by Gasteiger charge is 2.02. The van der Waals surface area contributed by atoms with Crippen molar-refractivity contribution in [1.82, 2.24) is 9.78 Å². The number of hydrogen-bond acceptors (Lipinski definition) is 3. The number of aryl methyl sites for hydroxylation is 1. The zero-order chi connectivity index (χ0) is 13.0. The fourth-order valence-electron chi connectivity index (χ4n) is 1.81. The molecule has 1 aromatic carbocycles. The van der Waals surface area contributed by atoms with E-state index in [1.165, 1.54) is 5.69 Å². The summed E-state index contributed by atoms with van der Waals surface area (Å²) in [6.07, 6.45) is 2.64. The lowest BCUT2D eigenvalue weighted by Gasteiger charge is -2.10. The van der Waals surface area contributed by atoms with E-state index in [-0.39, 0.29) is 6.04 Å². The monoisotopic (exact) mass is 245 g/mol. The maximum Gasteiger partial charge on any atom is 0.119 e. The van der Waals surface area contributed by atoms with E-state index in [1.807, 2.05) is 49.0 Å². The summed E-state index contributed by atoms with van der Waals surface area (Å²) in [6, 6.07) is 9.97. The second-order valence-electron chi connectivity index (χ2n) is 4.41. The lowest BCUT2D eigenvalue weighted by atomic mass is 10.1. The summed E-state index contributed by atoms with van der Waals surface area (Å²) in [5, 5.41) is 4.12. The Morgan fingerprint density at radius 3 is 2.89 bits per heavy atom. The topological polar surface area (TPSA) is 53.1 Å². The predicted octanol–water partition coefficient (Wildman–Crippen LogP) is 2.06. The molecule has 0 amide bonds. The molecular formula is C14H19N3O. The highest BCUT2D eigenvalue weighted by Crippen LogP contribution is 2.17. The maximum absolute atomic E-state index is 5.84. The van der Waals surface area contributed by atoms with Crippen LogP contribution in [0, 0.1) is 0 Å². The van der Waals surface area contributed by atoms with Crippen molar-refractivity contribution >= 4 is 0 Å². The first-order valence-electron chi connectivity index (χ1n) is 6.12. The van der Waals surface area contributed by atoms with Gasteiger partial charge in [-0.2, -0.15) is 5.10 Å². The third kappa shape index (κ3) is 3.11. The van der Waals surface area contributed by atoms with Crippen LogP contribution in [0.2, 0.25) is 0 Å². The number of aromatic nitrogens is 2. The van der Waals surface area contributed by atoms with Gasteiger partial charge in [0.2, 0.25) is 0 Å². The predicted molar refractivity (Wildman–Crippen MR) is 71.5 cm³/mol. The van der Waals surface area contributed by atoms with E-state index in [4.69, 9.17) is 10.5 Å². The van der Waals surface area contributed by atoms with Crippen molar-refractivity contribution < 1.29 is 4.74 Å². The van der Waals surface area contributed by atoms with Gasteiger partial charge in [0, 0.05) is 31.4 Å². The molecule has 0 aliphatic rings. The van der Waals surface area contributed by atoms with Gasteiger partial charge in [-0.05, 0) is 30.7 Å². The molecule has 0 saturated heterocycles. The van der Waals surface area contributed by atoms with Crippen LogP contribution in [-0.2, 0) is 13.5 Å². The van der Waals surface area contributed by atoms with Gasteiger partial charge in [0.1, 0.15) is 5.75 Å². The summed E-state index contributed by atoms with van der Waals surface area (Å²) in [7, 11) is 1.94. The minimum atomic E-state index is 0.0330. The summed E-state index contributed by atoms with van der Waals surface area (Å²) in [5.74, 6) is 0.868. The van der Waals surface area contributed by atoms with Gasteiger partial charge < -0.3 is 10.5 Å². The molecule has 2 N–H and O–H groups in total. The van der Waals surface area contributed by atoms with Gasteiger partial charge in [0.25, 0.3) is 0 Å². The molecule has 18 heavy (non-hydrogen) atoms. The van der Waals surface area contributed by atoms with E-state index >= 15 is 0 Å². The second kappa shape index (κ2) is 5.69. The largest absolute Gasteiger partial charge is 0.493 e. The Morgan fingerprint density at radius 2 is 2.22 bits per heavy atom. The first-order chi connectivity index (χ1) is 8.66. The molecule has 1 aromatic heterocycles. The van der Waals surface area contributed by atoms with Crippen molar-refractivity contribution in [1.29, 1.82) is 0 Å². The highest BCUT2D eigenvalue weighted by molar-refractivity contribution is 5.30. The molecule has 96 valence electrons. The minimum Gasteiger partial charge on any atom is -0.493 e. The third-order valence-electron chi connectivity index (χ3n) is 2.93. The Balaban J connectivity index is 1.90. The van der Waals surface area contributed by atoms with Gasteiger partial charge in [-0.25, -0.2) is 0 Å². The maximum atomic E-state index is 5.84. The first kappa shape index (κ1) is 12.6. The second-order valence-corrected chi connectivity index (χ2v) is 4.41. The van der Waals surface area contributed by atoms with Crippen molar-refractivity contribution in [2.24, 2.45) is 12.8 Å². The van der Waals surface area contributed by atoms with Crippen LogP contribution in [0.15, 0.2) is 36.5 Å². The molecule has 4 nitrogen and oxygen atoms in total. The first-order valence-corrected chi connectivity index (χ1v) is 6.12.